The maximum absolute atomic E-state index is 13.9. The van der Waals surface area contributed by atoms with Crippen molar-refractivity contribution in [2.75, 3.05) is 31.3 Å². The second-order valence-corrected chi connectivity index (χ2v) is 11.2. The number of nitrogens with zero attached hydrogens (tertiary/aromatic N) is 2. The van der Waals surface area contributed by atoms with Crippen LogP contribution in [0.25, 0.3) is 0 Å². The Hall–Kier alpha value is -3.12. The molecule has 1 saturated heterocycles. The van der Waals surface area contributed by atoms with E-state index in [2.05, 4.69) is 19.8 Å². The highest BCUT2D eigenvalue weighted by molar-refractivity contribution is 7.89. The van der Waals surface area contributed by atoms with Gasteiger partial charge in [0, 0.05) is 18.8 Å². The number of amides is 1. The summed E-state index contributed by atoms with van der Waals surface area (Å²) in [4.78, 5) is 29.5. The molecule has 1 fully saturated rings. The predicted molar refractivity (Wildman–Crippen MR) is 133 cm³/mol. The van der Waals surface area contributed by atoms with E-state index in [9.17, 15) is 26.8 Å². The van der Waals surface area contributed by atoms with Gasteiger partial charge in [0.1, 0.15) is 5.69 Å². The molecule has 1 amide bonds. The van der Waals surface area contributed by atoms with E-state index >= 15 is 0 Å². The van der Waals surface area contributed by atoms with E-state index < -0.39 is 45.6 Å². The molecular formula is C25H31F2N3O6S. The van der Waals surface area contributed by atoms with Gasteiger partial charge in [0.2, 0.25) is 21.8 Å². The van der Waals surface area contributed by atoms with Crippen molar-refractivity contribution < 1.29 is 36.3 Å². The Labute approximate surface area is 215 Å². The first-order valence-corrected chi connectivity index (χ1v) is 13.4. The van der Waals surface area contributed by atoms with Gasteiger partial charge in [0.25, 0.3) is 0 Å². The number of halogens is 2. The SMILES string of the molecule is COC(=O)CS(=O)(=O)N1CCC(C(=O)Nc2ccc(C)nc2OC(F)F)(c2ccccc2C(C)C)CC1. The zero-order valence-electron chi connectivity index (χ0n) is 21.2. The van der Waals surface area contributed by atoms with Crippen molar-refractivity contribution in [1.29, 1.82) is 0 Å². The summed E-state index contributed by atoms with van der Waals surface area (Å²) in [6.45, 7) is 2.40. The van der Waals surface area contributed by atoms with Gasteiger partial charge in [0.05, 0.1) is 12.5 Å². The summed E-state index contributed by atoms with van der Waals surface area (Å²) in [5, 5.41) is 2.71. The number of anilines is 1. The van der Waals surface area contributed by atoms with Gasteiger partial charge in [0.15, 0.2) is 5.75 Å². The Kier molecular flexibility index (Phi) is 8.85. The molecule has 1 aliphatic heterocycles. The Morgan fingerprint density at radius 2 is 1.78 bits per heavy atom. The molecule has 37 heavy (non-hydrogen) atoms. The maximum atomic E-state index is 13.9. The molecule has 0 saturated carbocycles. The molecule has 1 aromatic carbocycles. The van der Waals surface area contributed by atoms with E-state index in [1.165, 1.54) is 10.4 Å². The second-order valence-electron chi connectivity index (χ2n) is 9.19. The molecule has 9 nitrogen and oxygen atoms in total. The van der Waals surface area contributed by atoms with Gasteiger partial charge < -0.3 is 14.8 Å². The third-order valence-corrected chi connectivity index (χ3v) is 8.23. The largest absolute Gasteiger partial charge is 0.468 e. The number of nitrogens with one attached hydrogen (secondary N) is 1. The van der Waals surface area contributed by atoms with E-state index in [0.29, 0.717) is 5.69 Å². The number of hydrogen-bond donors (Lipinski definition) is 1. The number of pyridine rings is 1. The van der Waals surface area contributed by atoms with Crippen molar-refractivity contribution in [1.82, 2.24) is 9.29 Å². The van der Waals surface area contributed by atoms with Crippen LogP contribution in [-0.2, 0) is 29.8 Å². The third-order valence-electron chi connectivity index (χ3n) is 6.48. The number of sulfonamides is 1. The molecule has 0 bridgehead atoms. The summed E-state index contributed by atoms with van der Waals surface area (Å²) in [5.41, 5.74) is 0.875. The van der Waals surface area contributed by atoms with Crippen LogP contribution in [0.3, 0.4) is 0 Å². The molecule has 0 radical (unpaired) electrons. The van der Waals surface area contributed by atoms with E-state index in [4.69, 9.17) is 0 Å². The fourth-order valence-corrected chi connectivity index (χ4v) is 5.88. The number of aromatic nitrogens is 1. The van der Waals surface area contributed by atoms with Crippen LogP contribution in [0.4, 0.5) is 14.5 Å². The molecule has 2 aromatic rings. The van der Waals surface area contributed by atoms with Crippen molar-refractivity contribution in [2.24, 2.45) is 0 Å². The van der Waals surface area contributed by atoms with Crippen molar-refractivity contribution in [2.45, 2.75) is 51.6 Å². The van der Waals surface area contributed by atoms with Crippen LogP contribution in [0.1, 0.15) is 49.4 Å². The number of ether oxygens (including phenoxy) is 2. The maximum Gasteiger partial charge on any atom is 0.388 e. The first-order valence-electron chi connectivity index (χ1n) is 11.8. The van der Waals surface area contributed by atoms with Crippen LogP contribution in [0.15, 0.2) is 36.4 Å². The number of methoxy groups -OCH3 is 1. The molecule has 0 spiro atoms. The van der Waals surface area contributed by atoms with Crippen LogP contribution in [0.5, 0.6) is 5.88 Å². The van der Waals surface area contributed by atoms with Crippen LogP contribution in [0, 0.1) is 6.92 Å². The van der Waals surface area contributed by atoms with Gasteiger partial charge in [-0.3, -0.25) is 9.59 Å². The molecule has 1 aliphatic rings. The monoisotopic (exact) mass is 539 g/mol. The highest BCUT2D eigenvalue weighted by Gasteiger charge is 2.46. The first-order chi connectivity index (χ1) is 17.4. The van der Waals surface area contributed by atoms with Gasteiger partial charge in [-0.25, -0.2) is 17.7 Å². The van der Waals surface area contributed by atoms with Gasteiger partial charge in [-0.05, 0) is 48.9 Å². The molecular weight excluding hydrogens is 508 g/mol. The number of esters is 1. The van der Waals surface area contributed by atoms with Crippen molar-refractivity contribution in [3.63, 3.8) is 0 Å². The molecule has 3 rings (SSSR count). The Bertz CT molecular complexity index is 1240. The summed E-state index contributed by atoms with van der Waals surface area (Å²) in [6, 6.07) is 10.4. The number of aryl methyl sites for hydroxylation is 1. The lowest BCUT2D eigenvalue weighted by Crippen LogP contribution is -2.52. The molecule has 2 heterocycles. The van der Waals surface area contributed by atoms with Crippen molar-refractivity contribution in [3.05, 3.63) is 53.2 Å². The fourth-order valence-electron chi connectivity index (χ4n) is 4.54. The van der Waals surface area contributed by atoms with Crippen molar-refractivity contribution >= 4 is 27.6 Å². The zero-order chi connectivity index (χ0) is 27.4. The summed E-state index contributed by atoms with van der Waals surface area (Å²) in [7, 11) is -2.84. The number of carbonyl (C=O) groups excluding carboxylic acids is 2. The van der Waals surface area contributed by atoms with Crippen LogP contribution < -0.4 is 10.1 Å². The zero-order valence-corrected chi connectivity index (χ0v) is 22.0. The quantitative estimate of drug-likeness (QED) is 0.485. The number of rotatable bonds is 9. The van der Waals surface area contributed by atoms with Gasteiger partial charge in [-0.2, -0.15) is 8.78 Å². The first kappa shape index (κ1) is 28.5. The second kappa shape index (κ2) is 11.5. The summed E-state index contributed by atoms with van der Waals surface area (Å²) < 4.78 is 61.7. The summed E-state index contributed by atoms with van der Waals surface area (Å²) in [5.74, 6) is -2.52. The standard InChI is InChI=1S/C25H31F2N3O6S/c1-16(2)18-7-5-6-8-19(18)25(11-13-30(14-12-25)37(33,34)15-21(31)35-4)23(32)29-20-10-9-17(3)28-22(20)36-24(26)27/h5-10,16,24H,11-15H2,1-4H3,(H,29,32). The summed E-state index contributed by atoms with van der Waals surface area (Å²) in [6.07, 6.45) is 0.209. The summed E-state index contributed by atoms with van der Waals surface area (Å²) >= 11 is 0. The minimum atomic E-state index is -3.95. The average molecular weight is 540 g/mol. The van der Waals surface area contributed by atoms with Gasteiger partial charge in [-0.15, -0.1) is 0 Å². The average Bonchev–Trinajstić information content (AvgIpc) is 2.84. The number of carbonyl (C=O) groups is 2. The molecule has 0 aliphatic carbocycles. The predicted octanol–water partition coefficient (Wildman–Crippen LogP) is 3.59. The smallest absolute Gasteiger partial charge is 0.388 e. The van der Waals surface area contributed by atoms with Crippen LogP contribution in [0.2, 0.25) is 0 Å². The van der Waals surface area contributed by atoms with Gasteiger partial charge >= 0.3 is 12.6 Å². The highest BCUT2D eigenvalue weighted by Crippen LogP contribution is 2.41. The molecule has 0 unspecified atom stereocenters. The molecule has 1 N–H and O–H groups in total. The third kappa shape index (κ3) is 6.42. The lowest BCUT2D eigenvalue weighted by Gasteiger charge is -2.41. The Balaban J connectivity index is 2.00. The molecule has 202 valence electrons. The van der Waals surface area contributed by atoms with E-state index in [0.717, 1.165) is 18.2 Å². The molecule has 0 atom stereocenters. The number of piperidine rings is 1. The highest BCUT2D eigenvalue weighted by atomic mass is 32.2. The number of hydrogen-bond acceptors (Lipinski definition) is 7. The Morgan fingerprint density at radius 3 is 2.38 bits per heavy atom. The van der Waals surface area contributed by atoms with E-state index in [1.54, 1.807) is 19.1 Å². The van der Waals surface area contributed by atoms with Gasteiger partial charge in [-0.1, -0.05) is 38.1 Å². The minimum absolute atomic E-state index is 0.0157. The normalized spacial score (nSPS) is 16.0. The van der Waals surface area contributed by atoms with Crippen molar-refractivity contribution in [3.8, 4) is 5.88 Å². The van der Waals surface area contributed by atoms with E-state index in [1.807, 2.05) is 32.0 Å². The lowest BCUT2D eigenvalue weighted by molar-refractivity contribution is -0.137. The molecule has 12 heteroatoms. The Morgan fingerprint density at radius 1 is 1.14 bits per heavy atom. The van der Waals surface area contributed by atoms with E-state index in [-0.39, 0.29) is 37.5 Å². The topological polar surface area (TPSA) is 115 Å². The number of benzene rings is 1. The molecule has 1 aromatic heterocycles. The van der Waals surface area contributed by atoms with Crippen LogP contribution >= 0.6 is 0 Å². The van der Waals surface area contributed by atoms with Crippen LogP contribution in [-0.4, -0.2) is 62.1 Å². The minimum Gasteiger partial charge on any atom is -0.468 e. The number of alkyl halides is 2. The lowest BCUT2D eigenvalue weighted by atomic mass is 9.69. The fraction of sp³-hybridized carbons (Fsp3) is 0.480.